The zero-order valence-corrected chi connectivity index (χ0v) is 8.94. The Morgan fingerprint density at radius 2 is 1.86 bits per heavy atom. The molecule has 14 heavy (non-hydrogen) atoms. The van der Waals surface area contributed by atoms with Crippen LogP contribution in [0.2, 0.25) is 0 Å². The van der Waals surface area contributed by atoms with Crippen LogP contribution in [0.15, 0.2) is 24.3 Å². The first-order chi connectivity index (χ1) is 6.39. The van der Waals surface area contributed by atoms with Gasteiger partial charge in [0.25, 0.3) is 0 Å². The van der Waals surface area contributed by atoms with Crippen molar-refractivity contribution in [2.45, 2.75) is 11.8 Å². The number of nitrogens with one attached hydrogen (secondary N) is 1. The van der Waals surface area contributed by atoms with E-state index in [9.17, 15) is 13.6 Å². The van der Waals surface area contributed by atoms with Gasteiger partial charge in [-0.3, -0.25) is 4.79 Å². The molecule has 0 heterocycles. The topological polar surface area (TPSA) is 29.1 Å². The second-order valence-electron chi connectivity index (χ2n) is 2.82. The fraction of sp³-hybridized carbons (Fsp3) is 0.222. The van der Waals surface area contributed by atoms with Gasteiger partial charge in [-0.05, 0) is 19.1 Å². The predicted molar refractivity (Wildman–Crippen MR) is 53.7 cm³/mol. The number of anilines is 1. The summed E-state index contributed by atoms with van der Waals surface area (Å²) in [5.74, 6) is -1.37. The molecule has 1 aromatic rings. The van der Waals surface area contributed by atoms with Crippen molar-refractivity contribution in [3.63, 3.8) is 0 Å². The number of amides is 1. The molecule has 76 valence electrons. The first-order valence-corrected chi connectivity index (χ1v) is 4.64. The largest absolute Gasteiger partial charge is 0.378 e. The maximum absolute atomic E-state index is 12.4. The third-order valence-corrected chi connectivity index (χ3v) is 1.93. The molecule has 0 atom stereocenters. The SMILES string of the molecule is Cc1ccc(NC(=O)C(F)(F)Br)cc1. The zero-order valence-electron chi connectivity index (χ0n) is 7.35. The van der Waals surface area contributed by atoms with Crippen LogP contribution in [0.5, 0.6) is 0 Å². The van der Waals surface area contributed by atoms with E-state index >= 15 is 0 Å². The Bertz CT molecular complexity index is 332. The maximum Gasteiger partial charge on any atom is 0.378 e. The molecular formula is C9H8BrF2NO. The molecule has 0 aliphatic carbocycles. The van der Waals surface area contributed by atoms with E-state index in [0.717, 1.165) is 5.56 Å². The van der Waals surface area contributed by atoms with E-state index < -0.39 is 10.7 Å². The second kappa shape index (κ2) is 4.04. The molecule has 0 fully saturated rings. The molecule has 1 rings (SSSR count). The standard InChI is InChI=1S/C9H8BrF2NO/c1-6-2-4-7(5-3-6)13-8(14)9(10,11)12/h2-5H,1H3,(H,13,14). The lowest BCUT2D eigenvalue weighted by Gasteiger charge is -2.09. The molecule has 0 bridgehead atoms. The molecule has 0 spiro atoms. The highest BCUT2D eigenvalue weighted by molar-refractivity contribution is 9.10. The van der Waals surface area contributed by atoms with Crippen LogP contribution < -0.4 is 5.32 Å². The van der Waals surface area contributed by atoms with Crippen LogP contribution >= 0.6 is 15.9 Å². The summed E-state index contributed by atoms with van der Waals surface area (Å²) in [6.45, 7) is 1.87. The van der Waals surface area contributed by atoms with Crippen LogP contribution in [-0.4, -0.2) is 10.7 Å². The van der Waals surface area contributed by atoms with Gasteiger partial charge in [-0.1, -0.05) is 17.7 Å². The Balaban J connectivity index is 2.71. The molecule has 1 amide bonds. The van der Waals surface area contributed by atoms with Gasteiger partial charge < -0.3 is 5.32 Å². The molecule has 0 radical (unpaired) electrons. The van der Waals surface area contributed by atoms with Crippen molar-refractivity contribution in [3.8, 4) is 0 Å². The molecular weight excluding hydrogens is 256 g/mol. The maximum atomic E-state index is 12.4. The van der Waals surface area contributed by atoms with Crippen molar-refractivity contribution in [1.29, 1.82) is 0 Å². The van der Waals surface area contributed by atoms with E-state index in [0.29, 0.717) is 5.69 Å². The minimum atomic E-state index is -3.53. The number of benzene rings is 1. The van der Waals surface area contributed by atoms with Crippen molar-refractivity contribution in [1.82, 2.24) is 0 Å². The minimum absolute atomic E-state index is 0.347. The summed E-state index contributed by atoms with van der Waals surface area (Å²) >= 11 is 1.97. The van der Waals surface area contributed by atoms with Gasteiger partial charge in [0, 0.05) is 21.6 Å². The van der Waals surface area contributed by atoms with Crippen LogP contribution in [0.4, 0.5) is 14.5 Å². The highest BCUT2D eigenvalue weighted by Crippen LogP contribution is 2.23. The summed E-state index contributed by atoms with van der Waals surface area (Å²) in [6, 6.07) is 6.57. The Labute approximate surface area is 88.4 Å². The van der Waals surface area contributed by atoms with Gasteiger partial charge in [-0.25, -0.2) is 0 Å². The summed E-state index contributed by atoms with van der Waals surface area (Å²) in [5.41, 5.74) is 1.34. The van der Waals surface area contributed by atoms with E-state index in [2.05, 4.69) is 5.32 Å². The molecule has 0 aliphatic rings. The summed E-state index contributed by atoms with van der Waals surface area (Å²) in [5, 5.41) is 2.07. The molecule has 0 unspecified atom stereocenters. The Morgan fingerprint density at radius 1 is 1.36 bits per heavy atom. The van der Waals surface area contributed by atoms with Gasteiger partial charge in [-0.15, -0.1) is 0 Å². The van der Waals surface area contributed by atoms with Crippen molar-refractivity contribution in [3.05, 3.63) is 29.8 Å². The van der Waals surface area contributed by atoms with Crippen molar-refractivity contribution in [2.24, 2.45) is 0 Å². The number of alkyl halides is 3. The fourth-order valence-corrected chi connectivity index (χ4v) is 0.938. The monoisotopic (exact) mass is 263 g/mol. The fourth-order valence-electron chi connectivity index (χ4n) is 0.839. The van der Waals surface area contributed by atoms with E-state index in [1.54, 1.807) is 24.3 Å². The Hall–Kier alpha value is -0.970. The number of carbonyl (C=O) groups excluding carboxylic acids is 1. The average molecular weight is 264 g/mol. The van der Waals surface area contributed by atoms with Gasteiger partial charge in [-0.2, -0.15) is 8.78 Å². The zero-order chi connectivity index (χ0) is 10.8. The van der Waals surface area contributed by atoms with Gasteiger partial charge in [0.05, 0.1) is 0 Å². The van der Waals surface area contributed by atoms with E-state index in [-0.39, 0.29) is 0 Å². The number of hydrogen-bond acceptors (Lipinski definition) is 1. The van der Waals surface area contributed by atoms with Crippen LogP contribution in [0.3, 0.4) is 0 Å². The molecule has 2 nitrogen and oxygen atoms in total. The molecule has 5 heteroatoms. The summed E-state index contributed by atoms with van der Waals surface area (Å²) in [6.07, 6.45) is 0. The molecule has 0 aliphatic heterocycles. The molecule has 0 aromatic heterocycles. The van der Waals surface area contributed by atoms with E-state index in [4.69, 9.17) is 0 Å². The van der Waals surface area contributed by atoms with Gasteiger partial charge in [0.15, 0.2) is 0 Å². The third-order valence-electron chi connectivity index (χ3n) is 1.57. The van der Waals surface area contributed by atoms with Gasteiger partial charge >= 0.3 is 10.7 Å². The first kappa shape index (κ1) is 11.1. The van der Waals surface area contributed by atoms with Crippen LogP contribution in [0, 0.1) is 6.92 Å². The lowest BCUT2D eigenvalue weighted by atomic mass is 10.2. The van der Waals surface area contributed by atoms with Crippen molar-refractivity contribution >= 4 is 27.5 Å². The average Bonchev–Trinajstić information content (AvgIpc) is 2.07. The quantitative estimate of drug-likeness (QED) is 0.817. The number of rotatable bonds is 2. The number of halogens is 3. The Morgan fingerprint density at radius 3 is 2.29 bits per heavy atom. The second-order valence-corrected chi connectivity index (χ2v) is 3.81. The highest BCUT2D eigenvalue weighted by Gasteiger charge is 2.34. The molecule has 0 saturated carbocycles. The van der Waals surface area contributed by atoms with Gasteiger partial charge in [0.1, 0.15) is 0 Å². The van der Waals surface area contributed by atoms with E-state index in [1.165, 1.54) is 0 Å². The smallest absolute Gasteiger partial charge is 0.320 e. The normalized spacial score (nSPS) is 11.1. The van der Waals surface area contributed by atoms with E-state index in [1.807, 2.05) is 22.9 Å². The number of aryl methyl sites for hydroxylation is 1. The number of hydrogen-bond donors (Lipinski definition) is 1. The van der Waals surface area contributed by atoms with Gasteiger partial charge in [0.2, 0.25) is 0 Å². The minimum Gasteiger partial charge on any atom is -0.320 e. The number of carbonyl (C=O) groups is 1. The van der Waals surface area contributed by atoms with Crippen molar-refractivity contribution < 1.29 is 13.6 Å². The Kier molecular flexibility index (Phi) is 3.21. The first-order valence-electron chi connectivity index (χ1n) is 3.84. The highest BCUT2D eigenvalue weighted by atomic mass is 79.9. The lowest BCUT2D eigenvalue weighted by molar-refractivity contribution is -0.128. The predicted octanol–water partition coefficient (Wildman–Crippen LogP) is 2.92. The molecule has 1 N–H and O–H groups in total. The molecule has 1 aromatic carbocycles. The summed E-state index contributed by atoms with van der Waals surface area (Å²) < 4.78 is 24.8. The van der Waals surface area contributed by atoms with Crippen LogP contribution in [0.25, 0.3) is 0 Å². The van der Waals surface area contributed by atoms with Crippen molar-refractivity contribution in [2.75, 3.05) is 5.32 Å². The lowest BCUT2D eigenvalue weighted by Crippen LogP contribution is -2.28. The summed E-state index contributed by atoms with van der Waals surface area (Å²) in [4.78, 5) is 7.28. The summed E-state index contributed by atoms with van der Waals surface area (Å²) in [7, 11) is 0. The third kappa shape index (κ3) is 3.06. The van der Waals surface area contributed by atoms with Crippen LogP contribution in [0.1, 0.15) is 5.56 Å². The van der Waals surface area contributed by atoms with Crippen LogP contribution in [-0.2, 0) is 4.79 Å². The molecule has 0 saturated heterocycles.